The lowest BCUT2D eigenvalue weighted by Crippen LogP contribution is -2.28. The third-order valence-corrected chi connectivity index (χ3v) is 5.71. The van der Waals surface area contributed by atoms with Gasteiger partial charge >= 0.3 is 29.2 Å². The van der Waals surface area contributed by atoms with Gasteiger partial charge in [0.05, 0.1) is 19.4 Å². The molecule has 1 aromatic rings. The van der Waals surface area contributed by atoms with Crippen LogP contribution in [0.4, 0.5) is 13.2 Å². The van der Waals surface area contributed by atoms with Crippen molar-refractivity contribution in [2.75, 3.05) is 19.4 Å². The molecule has 0 radical (unpaired) electrons. The van der Waals surface area contributed by atoms with Gasteiger partial charge in [-0.3, -0.25) is 8.71 Å². The summed E-state index contributed by atoms with van der Waals surface area (Å²) in [6, 6.07) is 7.45. The fraction of sp³-hybridized carbons (Fsp3) is 0.500. The molecular weight excluding hydrogens is 416 g/mol. The van der Waals surface area contributed by atoms with Crippen molar-refractivity contribution in [3.8, 4) is 5.75 Å². The van der Waals surface area contributed by atoms with Gasteiger partial charge in [-0.05, 0) is 26.0 Å². The highest BCUT2D eigenvalue weighted by atomic mass is 32.2. The molecule has 2 atom stereocenters. The molecule has 0 aromatic heterocycles. The van der Waals surface area contributed by atoms with Crippen molar-refractivity contribution in [2.24, 2.45) is 0 Å². The summed E-state index contributed by atoms with van der Waals surface area (Å²) < 4.78 is 90.3. The van der Waals surface area contributed by atoms with Crippen LogP contribution in [-0.2, 0) is 32.9 Å². The van der Waals surface area contributed by atoms with Crippen LogP contribution in [0, 0.1) is 0 Å². The zero-order valence-corrected chi connectivity index (χ0v) is 16.1. The topological polar surface area (TPSA) is 105 Å². The Labute approximate surface area is 154 Å². The van der Waals surface area contributed by atoms with Gasteiger partial charge < -0.3 is 9.26 Å². The lowest BCUT2D eigenvalue weighted by Gasteiger charge is -2.22. The number of alkyl halides is 3. The number of ether oxygens (including phenoxy) is 1. The molecule has 0 spiro atoms. The van der Waals surface area contributed by atoms with E-state index >= 15 is 0 Å². The predicted octanol–water partition coefficient (Wildman–Crippen LogP) is 3.09. The minimum atomic E-state index is -5.87. The molecule has 0 bridgehead atoms. The number of hydrogen-bond acceptors (Lipinski definition) is 8. The van der Waals surface area contributed by atoms with Crippen LogP contribution in [0.3, 0.4) is 0 Å². The maximum Gasteiger partial charge on any atom is 0.523 e. The molecule has 154 valence electrons. The number of hydrogen-bond donors (Lipinski definition) is 0. The SMILES string of the molecule is CCOC(=O)C(C)OP(=O)(CCOS(=O)(=O)C(F)(F)F)Oc1ccccc1. The molecular formula is C14H18F3O8PS. The molecule has 0 saturated carbocycles. The standard InChI is InChI=1S/C14H18F3O8PS/c1-3-22-13(18)11(2)24-26(19,25-12-7-5-4-6-8-12)10-9-23-27(20,21)14(15,16)17/h4-8,11H,3,9-10H2,1-2H3. The number of benzene rings is 1. The molecule has 0 heterocycles. The van der Waals surface area contributed by atoms with Gasteiger partial charge in [0.25, 0.3) is 0 Å². The maximum absolute atomic E-state index is 12.8. The van der Waals surface area contributed by atoms with Gasteiger partial charge in [-0.25, -0.2) is 9.36 Å². The van der Waals surface area contributed by atoms with Crippen LogP contribution in [0.25, 0.3) is 0 Å². The molecule has 27 heavy (non-hydrogen) atoms. The minimum absolute atomic E-state index is 0.0172. The fourth-order valence-electron chi connectivity index (χ4n) is 1.63. The summed E-state index contributed by atoms with van der Waals surface area (Å²) in [5, 5.41) is 0. The molecule has 0 saturated heterocycles. The Hall–Kier alpha value is -1.62. The van der Waals surface area contributed by atoms with Crippen LogP contribution in [0.15, 0.2) is 30.3 Å². The summed E-state index contributed by atoms with van der Waals surface area (Å²) in [6.07, 6.45) is -2.24. The van der Waals surface area contributed by atoms with Crippen molar-refractivity contribution in [3.63, 3.8) is 0 Å². The summed E-state index contributed by atoms with van der Waals surface area (Å²) in [5.41, 5.74) is -5.63. The van der Waals surface area contributed by atoms with Crippen molar-refractivity contribution < 1.29 is 48.9 Å². The van der Waals surface area contributed by atoms with Crippen LogP contribution in [0.2, 0.25) is 0 Å². The van der Waals surface area contributed by atoms with Crippen molar-refractivity contribution in [1.82, 2.24) is 0 Å². The average molecular weight is 434 g/mol. The van der Waals surface area contributed by atoms with Crippen LogP contribution in [-0.4, -0.2) is 45.4 Å². The smallest absolute Gasteiger partial charge is 0.464 e. The largest absolute Gasteiger partial charge is 0.523 e. The lowest BCUT2D eigenvalue weighted by atomic mass is 10.3. The highest BCUT2D eigenvalue weighted by molar-refractivity contribution is 7.87. The Bertz CT molecular complexity index is 766. The summed E-state index contributed by atoms with van der Waals surface area (Å²) >= 11 is 0. The normalized spacial score (nSPS) is 15.6. The van der Waals surface area contributed by atoms with Crippen LogP contribution in [0.5, 0.6) is 5.75 Å². The first-order valence-corrected chi connectivity index (χ1v) is 10.7. The first kappa shape index (κ1) is 23.4. The first-order chi connectivity index (χ1) is 12.4. The van der Waals surface area contributed by atoms with E-state index in [2.05, 4.69) is 8.92 Å². The summed E-state index contributed by atoms with van der Waals surface area (Å²) in [4.78, 5) is 11.6. The third kappa shape index (κ3) is 7.49. The quantitative estimate of drug-likeness (QED) is 0.239. The maximum atomic E-state index is 12.8. The number of halogens is 3. The van der Waals surface area contributed by atoms with E-state index in [0.717, 1.165) is 0 Å². The molecule has 0 aliphatic carbocycles. The number of para-hydroxylation sites is 1. The third-order valence-electron chi connectivity index (χ3n) is 2.81. The fourth-order valence-corrected chi connectivity index (χ4v) is 3.76. The highest BCUT2D eigenvalue weighted by Crippen LogP contribution is 2.49. The van der Waals surface area contributed by atoms with Crippen molar-refractivity contribution in [1.29, 1.82) is 0 Å². The molecule has 13 heteroatoms. The van der Waals surface area contributed by atoms with Gasteiger partial charge in [0.1, 0.15) is 5.75 Å². The second kappa shape index (κ2) is 9.54. The van der Waals surface area contributed by atoms with Crippen LogP contribution < -0.4 is 4.52 Å². The van der Waals surface area contributed by atoms with Gasteiger partial charge in [0.15, 0.2) is 6.10 Å². The Balaban J connectivity index is 2.90. The summed E-state index contributed by atoms with van der Waals surface area (Å²) in [6.45, 7) is 1.61. The molecule has 0 amide bonds. The van der Waals surface area contributed by atoms with Crippen LogP contribution >= 0.6 is 7.60 Å². The molecule has 1 aromatic carbocycles. The zero-order valence-electron chi connectivity index (χ0n) is 14.3. The Kier molecular flexibility index (Phi) is 8.27. The zero-order chi connectivity index (χ0) is 20.7. The van der Waals surface area contributed by atoms with E-state index in [1.165, 1.54) is 38.1 Å². The van der Waals surface area contributed by atoms with E-state index in [4.69, 9.17) is 9.05 Å². The highest BCUT2D eigenvalue weighted by Gasteiger charge is 2.47. The van der Waals surface area contributed by atoms with E-state index < -0.39 is 48.1 Å². The monoisotopic (exact) mass is 434 g/mol. The van der Waals surface area contributed by atoms with Gasteiger partial charge in [-0.2, -0.15) is 21.6 Å². The lowest BCUT2D eigenvalue weighted by molar-refractivity contribution is -0.150. The van der Waals surface area contributed by atoms with Crippen molar-refractivity contribution in [2.45, 2.75) is 25.5 Å². The van der Waals surface area contributed by atoms with E-state index in [1.807, 2.05) is 0 Å². The Morgan fingerprint density at radius 3 is 2.33 bits per heavy atom. The molecule has 0 N–H and O–H groups in total. The molecule has 0 fully saturated rings. The molecule has 1 rings (SSSR count). The summed E-state index contributed by atoms with van der Waals surface area (Å²) in [5.74, 6) is -0.839. The Morgan fingerprint density at radius 1 is 1.22 bits per heavy atom. The van der Waals surface area contributed by atoms with Gasteiger partial charge in [0, 0.05) is 0 Å². The van der Waals surface area contributed by atoms with Gasteiger partial charge in [-0.1, -0.05) is 18.2 Å². The van der Waals surface area contributed by atoms with Crippen molar-refractivity contribution >= 4 is 23.7 Å². The number of carbonyl (C=O) groups is 1. The van der Waals surface area contributed by atoms with E-state index in [9.17, 15) is 30.9 Å². The summed E-state index contributed by atoms with van der Waals surface area (Å²) in [7, 11) is -10.1. The first-order valence-electron chi connectivity index (χ1n) is 7.54. The second-order valence-electron chi connectivity index (χ2n) is 4.96. The van der Waals surface area contributed by atoms with E-state index in [0.29, 0.717) is 0 Å². The average Bonchev–Trinajstić information content (AvgIpc) is 2.54. The van der Waals surface area contributed by atoms with Gasteiger partial charge in [0.2, 0.25) is 0 Å². The minimum Gasteiger partial charge on any atom is -0.464 e. The molecule has 8 nitrogen and oxygen atoms in total. The van der Waals surface area contributed by atoms with Gasteiger partial charge in [-0.15, -0.1) is 0 Å². The predicted molar refractivity (Wildman–Crippen MR) is 87.7 cm³/mol. The molecule has 2 unspecified atom stereocenters. The number of carbonyl (C=O) groups excluding carboxylic acids is 1. The Morgan fingerprint density at radius 2 is 1.81 bits per heavy atom. The number of rotatable bonds is 10. The van der Waals surface area contributed by atoms with E-state index in [-0.39, 0.29) is 12.4 Å². The second-order valence-corrected chi connectivity index (χ2v) is 8.63. The van der Waals surface area contributed by atoms with Crippen molar-refractivity contribution in [3.05, 3.63) is 30.3 Å². The molecule has 0 aliphatic rings. The number of esters is 1. The van der Waals surface area contributed by atoms with E-state index in [1.54, 1.807) is 6.07 Å². The van der Waals surface area contributed by atoms with Crippen LogP contribution in [0.1, 0.15) is 13.8 Å². The molecule has 0 aliphatic heterocycles.